The van der Waals surface area contributed by atoms with E-state index in [0.717, 1.165) is 6.61 Å². The summed E-state index contributed by atoms with van der Waals surface area (Å²) in [7, 11) is 0. The van der Waals surface area contributed by atoms with Crippen LogP contribution < -0.4 is 0 Å². The fraction of sp³-hybridized carbons (Fsp3) is 0.217. The van der Waals surface area contributed by atoms with Crippen LogP contribution in [0.15, 0.2) is 98.4 Å². The molecular formula is C23H22O2S2. The van der Waals surface area contributed by atoms with Gasteiger partial charge in [-0.25, -0.2) is 0 Å². The number of epoxide rings is 1. The Bertz CT molecular complexity index is 864. The van der Waals surface area contributed by atoms with Crippen molar-refractivity contribution in [1.29, 1.82) is 0 Å². The van der Waals surface area contributed by atoms with Crippen LogP contribution in [0, 0.1) is 0 Å². The van der Waals surface area contributed by atoms with Crippen molar-refractivity contribution in [2.24, 2.45) is 0 Å². The Labute approximate surface area is 169 Å². The van der Waals surface area contributed by atoms with E-state index in [2.05, 4.69) is 73.7 Å². The first-order chi connectivity index (χ1) is 13.3. The lowest BCUT2D eigenvalue weighted by Gasteiger charge is -2.18. The van der Waals surface area contributed by atoms with Gasteiger partial charge in [-0.1, -0.05) is 66.0 Å². The Kier molecular flexibility index (Phi) is 6.20. The van der Waals surface area contributed by atoms with Crippen LogP contribution in [0.4, 0.5) is 0 Å². The average Bonchev–Trinajstić information content (AvgIpc) is 3.53. The molecule has 0 bridgehead atoms. The smallest absolute Gasteiger partial charge is 0.104 e. The second-order valence-electron chi connectivity index (χ2n) is 6.46. The molecule has 1 aliphatic heterocycles. The minimum atomic E-state index is 0.0381. The third-order valence-corrected chi connectivity index (χ3v) is 6.39. The predicted octanol–water partition coefficient (Wildman–Crippen LogP) is 6.47. The third kappa shape index (κ3) is 5.39. The minimum Gasteiger partial charge on any atom is -0.371 e. The van der Waals surface area contributed by atoms with Crippen molar-refractivity contribution in [1.82, 2.24) is 0 Å². The molecule has 4 heteroatoms. The molecule has 2 unspecified atom stereocenters. The molecule has 3 aromatic rings. The van der Waals surface area contributed by atoms with Crippen molar-refractivity contribution in [2.75, 3.05) is 13.2 Å². The van der Waals surface area contributed by atoms with E-state index in [-0.39, 0.29) is 12.2 Å². The van der Waals surface area contributed by atoms with Crippen LogP contribution >= 0.6 is 23.5 Å². The second kappa shape index (κ2) is 8.98. The van der Waals surface area contributed by atoms with E-state index in [1.165, 1.54) is 25.1 Å². The van der Waals surface area contributed by atoms with Gasteiger partial charge in [-0.15, -0.1) is 0 Å². The molecule has 4 rings (SSSR count). The zero-order chi connectivity index (χ0) is 18.5. The summed E-state index contributed by atoms with van der Waals surface area (Å²) in [4.78, 5) is 4.96. The Morgan fingerprint density at radius 3 is 2.15 bits per heavy atom. The summed E-state index contributed by atoms with van der Waals surface area (Å²) < 4.78 is 11.3. The molecule has 0 radical (unpaired) electrons. The van der Waals surface area contributed by atoms with Crippen LogP contribution in [-0.4, -0.2) is 19.3 Å². The summed E-state index contributed by atoms with van der Waals surface area (Å²) in [5, 5.41) is 0. The van der Waals surface area contributed by atoms with Crippen molar-refractivity contribution in [3.8, 4) is 0 Å². The Hall–Kier alpha value is -1.72. The molecule has 0 aliphatic carbocycles. The van der Waals surface area contributed by atoms with Gasteiger partial charge in [-0.3, -0.25) is 0 Å². The molecule has 0 saturated carbocycles. The topological polar surface area (TPSA) is 21.8 Å². The van der Waals surface area contributed by atoms with Crippen molar-refractivity contribution in [3.05, 3.63) is 84.4 Å². The van der Waals surface area contributed by atoms with Gasteiger partial charge in [0.2, 0.25) is 0 Å². The molecule has 2 atom stereocenters. The molecule has 0 spiro atoms. The van der Waals surface area contributed by atoms with Gasteiger partial charge in [0.15, 0.2) is 0 Å². The lowest BCUT2D eigenvalue weighted by Crippen LogP contribution is -2.07. The molecule has 2 nitrogen and oxygen atoms in total. The van der Waals surface area contributed by atoms with Crippen LogP contribution in [0.3, 0.4) is 0 Å². The summed E-state index contributed by atoms with van der Waals surface area (Å²) in [6.07, 6.45) is 0.321. The van der Waals surface area contributed by atoms with Gasteiger partial charge in [0.25, 0.3) is 0 Å². The normalized spacial score (nSPS) is 16.9. The fourth-order valence-corrected chi connectivity index (χ4v) is 4.79. The van der Waals surface area contributed by atoms with E-state index in [9.17, 15) is 0 Å². The van der Waals surface area contributed by atoms with Crippen molar-refractivity contribution < 1.29 is 9.47 Å². The number of rotatable bonds is 8. The summed E-state index contributed by atoms with van der Waals surface area (Å²) in [5.41, 5.74) is 1.22. The van der Waals surface area contributed by atoms with E-state index >= 15 is 0 Å². The van der Waals surface area contributed by atoms with Crippen molar-refractivity contribution in [3.63, 3.8) is 0 Å². The highest BCUT2D eigenvalue weighted by atomic mass is 32.2. The van der Waals surface area contributed by atoms with Crippen LogP contribution in [0.5, 0.6) is 0 Å². The molecule has 138 valence electrons. The molecule has 3 aromatic carbocycles. The molecule has 1 heterocycles. The summed E-state index contributed by atoms with van der Waals surface area (Å²) in [6, 6.07) is 27.7. The molecule has 1 saturated heterocycles. The first kappa shape index (κ1) is 18.6. The molecule has 0 N–H and O–H groups in total. The number of benzene rings is 3. The maximum absolute atomic E-state index is 6.04. The lowest BCUT2D eigenvalue weighted by atomic mass is 10.1. The van der Waals surface area contributed by atoms with Gasteiger partial charge in [0.1, 0.15) is 6.10 Å². The maximum Gasteiger partial charge on any atom is 0.104 e. The quantitative estimate of drug-likeness (QED) is 0.408. The van der Waals surface area contributed by atoms with Crippen LogP contribution in [0.2, 0.25) is 0 Å². The highest BCUT2D eigenvalue weighted by Crippen LogP contribution is 2.38. The number of hydrogen-bond acceptors (Lipinski definition) is 4. The number of ether oxygens (including phenoxy) is 2. The Morgan fingerprint density at radius 2 is 1.52 bits per heavy atom. The van der Waals surface area contributed by atoms with Gasteiger partial charge < -0.3 is 9.47 Å². The first-order valence-corrected chi connectivity index (χ1v) is 10.7. The highest BCUT2D eigenvalue weighted by Gasteiger charge is 2.24. The lowest BCUT2D eigenvalue weighted by molar-refractivity contribution is 0.0524. The fourth-order valence-electron chi connectivity index (χ4n) is 2.75. The Balaban J connectivity index is 1.58. The van der Waals surface area contributed by atoms with E-state index in [1.54, 1.807) is 23.5 Å². The largest absolute Gasteiger partial charge is 0.371 e. The highest BCUT2D eigenvalue weighted by molar-refractivity contribution is 8.00. The maximum atomic E-state index is 6.04. The second-order valence-corrected chi connectivity index (χ2v) is 8.72. The average molecular weight is 395 g/mol. The zero-order valence-electron chi connectivity index (χ0n) is 15.2. The molecular weight excluding hydrogens is 372 g/mol. The van der Waals surface area contributed by atoms with E-state index < -0.39 is 0 Å². The zero-order valence-corrected chi connectivity index (χ0v) is 16.8. The summed E-state index contributed by atoms with van der Waals surface area (Å²) >= 11 is 3.58. The van der Waals surface area contributed by atoms with Crippen LogP contribution in [0.25, 0.3) is 0 Å². The van der Waals surface area contributed by atoms with E-state index in [0.29, 0.717) is 6.61 Å². The molecule has 27 heavy (non-hydrogen) atoms. The van der Waals surface area contributed by atoms with Gasteiger partial charge in [-0.05, 0) is 48.9 Å². The van der Waals surface area contributed by atoms with E-state index in [4.69, 9.17) is 9.47 Å². The summed E-state index contributed by atoms with van der Waals surface area (Å²) in [6.45, 7) is 3.61. The predicted molar refractivity (Wildman–Crippen MR) is 112 cm³/mol. The minimum absolute atomic E-state index is 0.0381. The molecule has 0 aromatic heterocycles. The standard InChI is InChI=1S/C23H22O2S2/c1-17(24-15-18-16-25-18)22-13-12-21(26-19-8-4-2-5-9-19)14-23(22)27-20-10-6-3-7-11-20/h2-14,17-18H,15-16H2,1H3. The molecule has 1 aliphatic rings. The van der Waals surface area contributed by atoms with Crippen LogP contribution in [-0.2, 0) is 9.47 Å². The van der Waals surface area contributed by atoms with Gasteiger partial charge in [0.05, 0.1) is 19.3 Å². The SMILES string of the molecule is CC(OCC1CO1)c1ccc(Sc2ccccc2)cc1Sc1ccccc1. The van der Waals surface area contributed by atoms with Crippen molar-refractivity contribution in [2.45, 2.75) is 38.7 Å². The number of hydrogen-bond donors (Lipinski definition) is 0. The van der Waals surface area contributed by atoms with Gasteiger partial charge in [0, 0.05) is 19.6 Å². The Morgan fingerprint density at radius 1 is 0.889 bits per heavy atom. The molecule has 1 fully saturated rings. The van der Waals surface area contributed by atoms with Gasteiger partial charge in [-0.2, -0.15) is 0 Å². The molecule has 0 amide bonds. The van der Waals surface area contributed by atoms with Crippen LogP contribution in [0.1, 0.15) is 18.6 Å². The van der Waals surface area contributed by atoms with Crippen molar-refractivity contribution >= 4 is 23.5 Å². The summed E-state index contributed by atoms with van der Waals surface area (Å²) in [5.74, 6) is 0. The first-order valence-electron chi connectivity index (χ1n) is 9.11. The monoisotopic (exact) mass is 394 g/mol. The third-order valence-electron chi connectivity index (χ3n) is 4.31. The van der Waals surface area contributed by atoms with E-state index in [1.807, 2.05) is 12.1 Å². The van der Waals surface area contributed by atoms with Gasteiger partial charge >= 0.3 is 0 Å².